The molecule has 1 atom stereocenters. The van der Waals surface area contributed by atoms with Crippen LogP contribution in [-0.4, -0.2) is 17.3 Å². The molecule has 3 heteroatoms. The van der Waals surface area contributed by atoms with E-state index in [9.17, 15) is 0 Å². The summed E-state index contributed by atoms with van der Waals surface area (Å²) in [7, 11) is 0. The summed E-state index contributed by atoms with van der Waals surface area (Å²) in [6.45, 7) is 4.10. The first-order valence-electron chi connectivity index (χ1n) is 5.10. The van der Waals surface area contributed by atoms with Crippen molar-refractivity contribution in [2.24, 2.45) is 5.73 Å². The van der Waals surface area contributed by atoms with Crippen LogP contribution in [0.25, 0.3) is 0 Å². The monoisotopic (exact) mass is 227 g/mol. The highest BCUT2D eigenvalue weighted by atomic mass is 35.5. The molecule has 84 valence electrons. The molecule has 0 heterocycles. The van der Waals surface area contributed by atoms with E-state index in [1.807, 2.05) is 38.1 Å². The molecule has 0 saturated heterocycles. The van der Waals surface area contributed by atoms with Crippen molar-refractivity contribution < 1.29 is 5.11 Å². The molecule has 0 bridgehead atoms. The van der Waals surface area contributed by atoms with Gasteiger partial charge >= 0.3 is 0 Å². The highest BCUT2D eigenvalue weighted by molar-refractivity contribution is 6.30. The maximum Gasteiger partial charge on any atom is 0.0437 e. The van der Waals surface area contributed by atoms with Gasteiger partial charge < -0.3 is 10.8 Å². The molecule has 2 nitrogen and oxygen atoms in total. The predicted molar refractivity (Wildman–Crippen MR) is 64.2 cm³/mol. The van der Waals surface area contributed by atoms with E-state index in [0.29, 0.717) is 6.42 Å². The number of hydrogen-bond donors (Lipinski definition) is 2. The molecular formula is C12H18ClNO. The smallest absolute Gasteiger partial charge is 0.0437 e. The van der Waals surface area contributed by atoms with Crippen LogP contribution in [0.4, 0.5) is 0 Å². The molecule has 0 aliphatic heterocycles. The van der Waals surface area contributed by atoms with Crippen LogP contribution in [0.2, 0.25) is 5.02 Å². The lowest BCUT2D eigenvalue weighted by molar-refractivity contribution is 0.250. The SMILES string of the molecule is CC(C)(N)C(CCO)c1ccc(Cl)cc1. The molecule has 0 saturated carbocycles. The van der Waals surface area contributed by atoms with Gasteiger partial charge in [-0.2, -0.15) is 0 Å². The summed E-state index contributed by atoms with van der Waals surface area (Å²) in [5.41, 5.74) is 6.88. The molecule has 3 N–H and O–H groups in total. The summed E-state index contributed by atoms with van der Waals surface area (Å²) in [5.74, 6) is 0.153. The van der Waals surface area contributed by atoms with Crippen molar-refractivity contribution in [1.82, 2.24) is 0 Å². The summed E-state index contributed by atoms with van der Waals surface area (Å²) >= 11 is 5.83. The zero-order chi connectivity index (χ0) is 11.5. The number of aliphatic hydroxyl groups is 1. The maximum absolute atomic E-state index is 9.03. The third-order valence-electron chi connectivity index (χ3n) is 2.59. The molecule has 0 fully saturated rings. The Morgan fingerprint density at radius 3 is 2.27 bits per heavy atom. The molecule has 1 aromatic carbocycles. The van der Waals surface area contributed by atoms with Gasteiger partial charge in [0.15, 0.2) is 0 Å². The van der Waals surface area contributed by atoms with Gasteiger partial charge in [0.05, 0.1) is 0 Å². The minimum Gasteiger partial charge on any atom is -0.396 e. The number of rotatable bonds is 4. The number of aliphatic hydroxyl groups excluding tert-OH is 1. The van der Waals surface area contributed by atoms with Crippen LogP contribution in [-0.2, 0) is 0 Å². The Labute approximate surface area is 96.1 Å². The Kier molecular flexibility index (Phi) is 4.14. The van der Waals surface area contributed by atoms with Crippen molar-refractivity contribution in [3.05, 3.63) is 34.9 Å². The van der Waals surface area contributed by atoms with E-state index in [-0.39, 0.29) is 18.1 Å². The molecular weight excluding hydrogens is 210 g/mol. The van der Waals surface area contributed by atoms with E-state index in [0.717, 1.165) is 10.6 Å². The Balaban J connectivity index is 2.94. The van der Waals surface area contributed by atoms with Crippen LogP contribution < -0.4 is 5.73 Å². The molecule has 0 aliphatic carbocycles. The third-order valence-corrected chi connectivity index (χ3v) is 2.84. The second-order valence-electron chi connectivity index (χ2n) is 4.44. The first-order valence-corrected chi connectivity index (χ1v) is 5.48. The topological polar surface area (TPSA) is 46.2 Å². The largest absolute Gasteiger partial charge is 0.396 e. The average molecular weight is 228 g/mol. The minimum absolute atomic E-state index is 0.147. The molecule has 0 spiro atoms. The van der Waals surface area contributed by atoms with Crippen LogP contribution in [0.15, 0.2) is 24.3 Å². The van der Waals surface area contributed by atoms with Crippen molar-refractivity contribution in [2.45, 2.75) is 31.7 Å². The van der Waals surface area contributed by atoms with E-state index < -0.39 is 0 Å². The van der Waals surface area contributed by atoms with Crippen LogP contribution in [0.5, 0.6) is 0 Å². The Bertz CT molecular complexity index is 302. The van der Waals surface area contributed by atoms with Crippen molar-refractivity contribution in [3.8, 4) is 0 Å². The van der Waals surface area contributed by atoms with E-state index in [2.05, 4.69) is 0 Å². The van der Waals surface area contributed by atoms with Gasteiger partial charge in [-0.1, -0.05) is 23.7 Å². The third kappa shape index (κ3) is 3.49. The number of halogens is 1. The summed E-state index contributed by atoms with van der Waals surface area (Å²) in [5, 5.41) is 9.75. The predicted octanol–water partition coefficient (Wildman–Crippen LogP) is 2.54. The lowest BCUT2D eigenvalue weighted by Gasteiger charge is -2.30. The van der Waals surface area contributed by atoms with Crippen molar-refractivity contribution in [2.75, 3.05) is 6.61 Å². The summed E-state index contributed by atoms with van der Waals surface area (Å²) in [4.78, 5) is 0. The zero-order valence-corrected chi connectivity index (χ0v) is 9.96. The standard InChI is InChI=1S/C12H18ClNO/c1-12(2,14)11(7-8-15)9-3-5-10(13)6-4-9/h3-6,11,15H,7-8,14H2,1-2H3. The lowest BCUT2D eigenvalue weighted by atomic mass is 9.81. The van der Waals surface area contributed by atoms with Gasteiger partial charge in [0.1, 0.15) is 0 Å². The molecule has 0 amide bonds. The highest BCUT2D eigenvalue weighted by Gasteiger charge is 2.25. The minimum atomic E-state index is -0.337. The number of hydrogen-bond acceptors (Lipinski definition) is 2. The van der Waals surface area contributed by atoms with Gasteiger partial charge in [-0.3, -0.25) is 0 Å². The Morgan fingerprint density at radius 2 is 1.87 bits per heavy atom. The molecule has 1 rings (SSSR count). The van der Waals surface area contributed by atoms with E-state index in [4.69, 9.17) is 22.4 Å². The second kappa shape index (κ2) is 4.97. The van der Waals surface area contributed by atoms with Gasteiger partial charge in [0.25, 0.3) is 0 Å². The lowest BCUT2D eigenvalue weighted by Crippen LogP contribution is -2.39. The summed E-state index contributed by atoms with van der Waals surface area (Å²) in [6, 6.07) is 7.65. The van der Waals surface area contributed by atoms with Gasteiger partial charge in [-0.15, -0.1) is 0 Å². The van der Waals surface area contributed by atoms with Crippen molar-refractivity contribution in [1.29, 1.82) is 0 Å². The number of benzene rings is 1. The molecule has 15 heavy (non-hydrogen) atoms. The van der Waals surface area contributed by atoms with E-state index >= 15 is 0 Å². The van der Waals surface area contributed by atoms with Gasteiger partial charge in [0.2, 0.25) is 0 Å². The Hall–Kier alpha value is -0.570. The van der Waals surface area contributed by atoms with Crippen molar-refractivity contribution >= 4 is 11.6 Å². The van der Waals surface area contributed by atoms with Gasteiger partial charge in [-0.25, -0.2) is 0 Å². The van der Waals surface area contributed by atoms with E-state index in [1.54, 1.807) is 0 Å². The Morgan fingerprint density at radius 1 is 1.33 bits per heavy atom. The first-order chi connectivity index (χ1) is 6.95. The normalized spacial score (nSPS) is 13.9. The fourth-order valence-electron chi connectivity index (χ4n) is 1.79. The quantitative estimate of drug-likeness (QED) is 0.831. The maximum atomic E-state index is 9.03. The first kappa shape index (κ1) is 12.5. The fourth-order valence-corrected chi connectivity index (χ4v) is 1.92. The van der Waals surface area contributed by atoms with E-state index in [1.165, 1.54) is 0 Å². The average Bonchev–Trinajstić information content (AvgIpc) is 2.14. The molecule has 0 radical (unpaired) electrons. The van der Waals surface area contributed by atoms with Gasteiger partial charge in [-0.05, 0) is 38.0 Å². The van der Waals surface area contributed by atoms with Gasteiger partial charge in [0, 0.05) is 23.1 Å². The van der Waals surface area contributed by atoms with Crippen LogP contribution in [0.3, 0.4) is 0 Å². The molecule has 0 aromatic heterocycles. The van der Waals surface area contributed by atoms with Crippen LogP contribution >= 0.6 is 11.6 Å². The fraction of sp³-hybridized carbons (Fsp3) is 0.500. The van der Waals surface area contributed by atoms with Crippen LogP contribution in [0, 0.1) is 0 Å². The summed E-state index contributed by atoms with van der Waals surface area (Å²) in [6.07, 6.45) is 0.672. The highest BCUT2D eigenvalue weighted by Crippen LogP contribution is 2.29. The molecule has 1 unspecified atom stereocenters. The van der Waals surface area contributed by atoms with Crippen LogP contribution in [0.1, 0.15) is 31.7 Å². The number of nitrogens with two attached hydrogens (primary N) is 1. The second-order valence-corrected chi connectivity index (χ2v) is 4.87. The molecule has 1 aromatic rings. The molecule has 0 aliphatic rings. The summed E-state index contributed by atoms with van der Waals surface area (Å²) < 4.78 is 0. The van der Waals surface area contributed by atoms with Crippen molar-refractivity contribution in [3.63, 3.8) is 0 Å². The zero-order valence-electron chi connectivity index (χ0n) is 9.20.